The lowest BCUT2D eigenvalue weighted by Gasteiger charge is -2.20. The number of carbonyl (C=O) groups is 1. The SMILES string of the molecule is Cc1ccc2nc(CSCC(=O)NCc3cc(Cl)c4c(c3)OCCO4)cn2c1. The Morgan fingerprint density at radius 2 is 2.14 bits per heavy atom. The summed E-state index contributed by atoms with van der Waals surface area (Å²) in [6.07, 6.45) is 4.05. The lowest BCUT2D eigenvalue weighted by atomic mass is 10.2. The molecule has 4 rings (SSSR count). The van der Waals surface area contributed by atoms with Crippen molar-refractivity contribution in [3.8, 4) is 11.5 Å². The molecule has 0 aliphatic carbocycles. The van der Waals surface area contributed by atoms with Crippen molar-refractivity contribution in [2.45, 2.75) is 19.2 Å². The number of ether oxygens (including phenoxy) is 2. The first kappa shape index (κ1) is 19.0. The van der Waals surface area contributed by atoms with Crippen molar-refractivity contribution in [3.05, 3.63) is 58.5 Å². The molecular weight excluding hydrogens is 398 g/mol. The second-order valence-electron chi connectivity index (χ2n) is 6.58. The molecule has 6 nitrogen and oxygen atoms in total. The molecule has 0 radical (unpaired) electrons. The van der Waals surface area contributed by atoms with Crippen LogP contribution in [0.1, 0.15) is 16.8 Å². The predicted molar refractivity (Wildman–Crippen MR) is 110 cm³/mol. The number of imidazole rings is 1. The molecule has 0 bridgehead atoms. The molecule has 1 aromatic carbocycles. The van der Waals surface area contributed by atoms with Crippen LogP contribution in [0.5, 0.6) is 11.5 Å². The van der Waals surface area contributed by atoms with E-state index in [2.05, 4.69) is 10.3 Å². The van der Waals surface area contributed by atoms with Crippen LogP contribution in [0.4, 0.5) is 0 Å². The highest BCUT2D eigenvalue weighted by molar-refractivity contribution is 7.99. The van der Waals surface area contributed by atoms with Crippen molar-refractivity contribution in [1.29, 1.82) is 0 Å². The van der Waals surface area contributed by atoms with E-state index in [0.717, 1.165) is 16.9 Å². The van der Waals surface area contributed by atoms with Gasteiger partial charge in [0.25, 0.3) is 0 Å². The van der Waals surface area contributed by atoms with E-state index in [1.54, 1.807) is 6.07 Å². The summed E-state index contributed by atoms with van der Waals surface area (Å²) in [6.45, 7) is 3.43. The summed E-state index contributed by atoms with van der Waals surface area (Å²) in [5.74, 6) is 2.21. The Hall–Kier alpha value is -2.38. The number of aryl methyl sites for hydroxylation is 1. The zero-order valence-corrected chi connectivity index (χ0v) is 17.0. The fourth-order valence-electron chi connectivity index (χ4n) is 2.99. The summed E-state index contributed by atoms with van der Waals surface area (Å²) in [7, 11) is 0. The number of halogens is 1. The zero-order valence-electron chi connectivity index (χ0n) is 15.4. The molecule has 0 saturated carbocycles. The molecule has 28 heavy (non-hydrogen) atoms. The van der Waals surface area contributed by atoms with Crippen LogP contribution in [0.2, 0.25) is 5.02 Å². The fourth-order valence-corrected chi connectivity index (χ4v) is 4.02. The molecule has 8 heteroatoms. The molecule has 3 heterocycles. The molecule has 2 aromatic heterocycles. The third-order valence-corrected chi connectivity index (χ3v) is 5.53. The molecule has 1 amide bonds. The number of aromatic nitrogens is 2. The zero-order chi connectivity index (χ0) is 19.5. The fraction of sp³-hybridized carbons (Fsp3) is 0.300. The van der Waals surface area contributed by atoms with Gasteiger partial charge in [-0.1, -0.05) is 17.7 Å². The van der Waals surface area contributed by atoms with Gasteiger partial charge in [0.1, 0.15) is 18.9 Å². The van der Waals surface area contributed by atoms with Gasteiger partial charge in [-0.2, -0.15) is 0 Å². The number of nitrogens with one attached hydrogen (secondary N) is 1. The van der Waals surface area contributed by atoms with Crippen molar-refractivity contribution in [2.24, 2.45) is 0 Å². The van der Waals surface area contributed by atoms with Gasteiger partial charge in [-0.05, 0) is 36.2 Å². The van der Waals surface area contributed by atoms with Gasteiger partial charge in [-0.3, -0.25) is 4.79 Å². The van der Waals surface area contributed by atoms with Gasteiger partial charge in [0.05, 0.1) is 16.5 Å². The highest BCUT2D eigenvalue weighted by Gasteiger charge is 2.16. The smallest absolute Gasteiger partial charge is 0.230 e. The molecule has 1 aliphatic heterocycles. The number of fused-ring (bicyclic) bond motifs is 2. The maximum absolute atomic E-state index is 12.2. The largest absolute Gasteiger partial charge is 0.486 e. The third kappa shape index (κ3) is 4.36. The van der Waals surface area contributed by atoms with E-state index in [1.165, 1.54) is 17.3 Å². The van der Waals surface area contributed by atoms with Gasteiger partial charge in [0, 0.05) is 24.7 Å². The summed E-state index contributed by atoms with van der Waals surface area (Å²) in [5, 5.41) is 3.41. The summed E-state index contributed by atoms with van der Waals surface area (Å²) in [5.41, 5.74) is 3.94. The predicted octanol–water partition coefficient (Wildman–Crippen LogP) is 3.62. The average molecular weight is 418 g/mol. The molecule has 0 atom stereocenters. The van der Waals surface area contributed by atoms with E-state index in [1.807, 2.05) is 41.9 Å². The molecule has 0 unspecified atom stereocenters. The van der Waals surface area contributed by atoms with Crippen LogP contribution in [0, 0.1) is 6.92 Å². The van der Waals surface area contributed by atoms with E-state index in [-0.39, 0.29) is 5.91 Å². The van der Waals surface area contributed by atoms with Crippen molar-refractivity contribution in [2.75, 3.05) is 19.0 Å². The van der Waals surface area contributed by atoms with Crippen LogP contribution in [0.3, 0.4) is 0 Å². The topological polar surface area (TPSA) is 64.9 Å². The van der Waals surface area contributed by atoms with Gasteiger partial charge in [-0.15, -0.1) is 11.8 Å². The van der Waals surface area contributed by atoms with E-state index in [0.29, 0.717) is 47.8 Å². The van der Waals surface area contributed by atoms with Crippen molar-refractivity contribution < 1.29 is 14.3 Å². The van der Waals surface area contributed by atoms with E-state index < -0.39 is 0 Å². The number of pyridine rings is 1. The van der Waals surface area contributed by atoms with Gasteiger partial charge in [0.2, 0.25) is 5.91 Å². The van der Waals surface area contributed by atoms with Gasteiger partial charge in [-0.25, -0.2) is 4.98 Å². The van der Waals surface area contributed by atoms with E-state index in [4.69, 9.17) is 21.1 Å². The first-order chi connectivity index (χ1) is 13.6. The number of amides is 1. The summed E-state index contributed by atoms with van der Waals surface area (Å²) in [6, 6.07) is 7.68. The minimum Gasteiger partial charge on any atom is -0.486 e. The number of hydrogen-bond donors (Lipinski definition) is 1. The quantitative estimate of drug-likeness (QED) is 0.663. The van der Waals surface area contributed by atoms with Gasteiger partial charge >= 0.3 is 0 Å². The van der Waals surface area contributed by atoms with Crippen LogP contribution in [-0.2, 0) is 17.1 Å². The third-order valence-electron chi connectivity index (χ3n) is 4.28. The number of carbonyl (C=O) groups excluding carboxylic acids is 1. The van der Waals surface area contributed by atoms with Crippen molar-refractivity contribution in [1.82, 2.24) is 14.7 Å². The Balaban J connectivity index is 1.27. The van der Waals surface area contributed by atoms with Crippen molar-refractivity contribution in [3.63, 3.8) is 0 Å². The minimum absolute atomic E-state index is 0.0318. The molecule has 3 aromatic rings. The lowest BCUT2D eigenvalue weighted by molar-refractivity contribution is -0.118. The first-order valence-corrected chi connectivity index (χ1v) is 10.5. The summed E-state index contributed by atoms with van der Waals surface area (Å²) < 4.78 is 13.1. The molecule has 0 fully saturated rings. The highest BCUT2D eigenvalue weighted by Crippen LogP contribution is 2.38. The number of thioether (sulfide) groups is 1. The average Bonchev–Trinajstić information content (AvgIpc) is 3.08. The number of hydrogen-bond acceptors (Lipinski definition) is 5. The second-order valence-corrected chi connectivity index (χ2v) is 7.97. The van der Waals surface area contributed by atoms with E-state index >= 15 is 0 Å². The Bertz CT molecular complexity index is 1020. The Labute approximate surface area is 172 Å². The van der Waals surface area contributed by atoms with Gasteiger partial charge < -0.3 is 19.2 Å². The highest BCUT2D eigenvalue weighted by atomic mass is 35.5. The summed E-state index contributed by atoms with van der Waals surface area (Å²) in [4.78, 5) is 16.7. The molecule has 1 aliphatic rings. The molecule has 0 spiro atoms. The van der Waals surface area contributed by atoms with Crippen LogP contribution in [-0.4, -0.2) is 34.3 Å². The molecule has 1 N–H and O–H groups in total. The second kappa shape index (κ2) is 8.32. The van der Waals surface area contributed by atoms with Crippen LogP contribution < -0.4 is 14.8 Å². The van der Waals surface area contributed by atoms with Crippen LogP contribution in [0.15, 0.2) is 36.7 Å². The molecule has 146 valence electrons. The Morgan fingerprint density at radius 1 is 1.29 bits per heavy atom. The van der Waals surface area contributed by atoms with Crippen molar-refractivity contribution >= 4 is 34.9 Å². The maximum atomic E-state index is 12.2. The normalized spacial score (nSPS) is 12.9. The Morgan fingerprint density at radius 3 is 3.04 bits per heavy atom. The number of rotatable bonds is 6. The molecule has 0 saturated heterocycles. The lowest BCUT2D eigenvalue weighted by Crippen LogP contribution is -2.25. The Kier molecular flexibility index (Phi) is 5.64. The van der Waals surface area contributed by atoms with E-state index in [9.17, 15) is 4.79 Å². The maximum Gasteiger partial charge on any atom is 0.230 e. The standard InChI is InChI=1S/C20H20ClN3O3S/c1-13-2-3-18-23-15(10-24(18)9-13)11-28-12-19(25)22-8-14-6-16(21)20-17(7-14)26-4-5-27-20/h2-3,6-7,9-10H,4-5,8,11-12H2,1H3,(H,22,25). The summed E-state index contributed by atoms with van der Waals surface area (Å²) >= 11 is 7.76. The number of nitrogens with zero attached hydrogens (tertiary/aromatic N) is 2. The monoisotopic (exact) mass is 417 g/mol. The first-order valence-electron chi connectivity index (χ1n) is 8.95. The van der Waals surface area contributed by atoms with Crippen LogP contribution >= 0.6 is 23.4 Å². The number of benzene rings is 1. The molecular formula is C20H20ClN3O3S. The van der Waals surface area contributed by atoms with Gasteiger partial charge in [0.15, 0.2) is 11.5 Å². The minimum atomic E-state index is -0.0318. The van der Waals surface area contributed by atoms with Crippen LogP contribution in [0.25, 0.3) is 5.65 Å².